The van der Waals surface area contributed by atoms with Crippen LogP contribution in [0.1, 0.15) is 20.3 Å². The van der Waals surface area contributed by atoms with Gasteiger partial charge >= 0.3 is 0 Å². The molecule has 1 heterocycles. The topological polar surface area (TPSA) is 9.23 Å². The van der Waals surface area contributed by atoms with Gasteiger partial charge in [-0.2, -0.15) is 0 Å². The van der Waals surface area contributed by atoms with Gasteiger partial charge in [0, 0.05) is 19.5 Å². The molecule has 1 aliphatic heterocycles. The molecule has 1 rings (SSSR count). The highest BCUT2D eigenvalue weighted by Crippen LogP contribution is 2.36. The molecule has 1 unspecified atom stereocenters. The second-order valence-electron chi connectivity index (χ2n) is 3.03. The van der Waals surface area contributed by atoms with E-state index >= 15 is 0 Å². The van der Waals surface area contributed by atoms with Gasteiger partial charge < -0.3 is 4.74 Å². The number of hydrogen-bond acceptors (Lipinski definition) is 2. The van der Waals surface area contributed by atoms with Gasteiger partial charge in [-0.3, -0.25) is 0 Å². The molecule has 0 bridgehead atoms. The van der Waals surface area contributed by atoms with Gasteiger partial charge in [0.15, 0.2) is 0 Å². The molecule has 0 N–H and O–H groups in total. The van der Waals surface area contributed by atoms with Crippen LogP contribution in [0.4, 0.5) is 0 Å². The number of ether oxygens (including phenoxy) is 1. The van der Waals surface area contributed by atoms with Crippen molar-refractivity contribution in [3.8, 4) is 0 Å². The summed E-state index contributed by atoms with van der Waals surface area (Å²) in [4.78, 5) is 1.52. The first-order valence-electron chi connectivity index (χ1n) is 4.04. The van der Waals surface area contributed by atoms with Gasteiger partial charge in [0.05, 0.1) is 0 Å². The molecule has 1 atom stereocenters. The maximum Gasteiger partial charge on any atom is 0.0468 e. The highest BCUT2D eigenvalue weighted by atomic mass is 32.2. The third-order valence-electron chi connectivity index (χ3n) is 2.34. The number of thioether (sulfide) groups is 1. The third-order valence-corrected chi connectivity index (χ3v) is 3.66. The normalized spacial score (nSPS) is 24.8. The molecule has 0 aromatic rings. The zero-order valence-electron chi connectivity index (χ0n) is 7.52. The van der Waals surface area contributed by atoms with Gasteiger partial charge in [0.25, 0.3) is 0 Å². The predicted octanol–water partition coefficient (Wildman–Crippen LogP) is 2.68. The van der Waals surface area contributed by atoms with Crippen LogP contribution in [-0.4, -0.2) is 19.5 Å². The molecule has 0 aromatic carbocycles. The zero-order valence-corrected chi connectivity index (χ0v) is 8.33. The van der Waals surface area contributed by atoms with Crippen LogP contribution in [0, 0.1) is 5.92 Å². The van der Waals surface area contributed by atoms with E-state index in [0.717, 1.165) is 12.5 Å². The van der Waals surface area contributed by atoms with Crippen molar-refractivity contribution in [2.75, 3.05) is 19.5 Å². The van der Waals surface area contributed by atoms with Gasteiger partial charge in [-0.25, -0.2) is 0 Å². The molecule has 64 valence electrons. The van der Waals surface area contributed by atoms with E-state index in [1.165, 1.54) is 17.1 Å². The van der Waals surface area contributed by atoms with E-state index < -0.39 is 0 Å². The number of allylic oxidation sites excluding steroid dienone is 2. The Labute approximate surface area is 73.2 Å². The largest absolute Gasteiger partial charge is 0.385 e. The van der Waals surface area contributed by atoms with E-state index in [1.54, 1.807) is 12.7 Å². The summed E-state index contributed by atoms with van der Waals surface area (Å²) in [5.74, 6) is 2.04. The van der Waals surface area contributed by atoms with Gasteiger partial charge in [0.2, 0.25) is 0 Å². The van der Waals surface area contributed by atoms with E-state index in [4.69, 9.17) is 4.74 Å². The fourth-order valence-electron chi connectivity index (χ4n) is 1.31. The van der Waals surface area contributed by atoms with Crippen molar-refractivity contribution < 1.29 is 4.74 Å². The lowest BCUT2D eigenvalue weighted by Crippen LogP contribution is -2.04. The Bertz CT molecular complexity index is 163. The van der Waals surface area contributed by atoms with Gasteiger partial charge in [0.1, 0.15) is 0 Å². The van der Waals surface area contributed by atoms with Crippen molar-refractivity contribution in [3.63, 3.8) is 0 Å². The molecule has 0 radical (unpaired) electrons. The SMILES string of the molecule is COCCC1CSC(C)=C1C. The molecular formula is C9H16OS. The minimum absolute atomic E-state index is 0.778. The molecular weight excluding hydrogens is 156 g/mol. The summed E-state index contributed by atoms with van der Waals surface area (Å²) in [6.07, 6.45) is 1.19. The average molecular weight is 172 g/mol. The average Bonchev–Trinajstić information content (AvgIpc) is 2.31. The Hall–Kier alpha value is 0.0500. The van der Waals surface area contributed by atoms with E-state index in [0.29, 0.717) is 0 Å². The first kappa shape index (κ1) is 9.14. The van der Waals surface area contributed by atoms with Gasteiger partial charge in [-0.15, -0.1) is 11.8 Å². The highest BCUT2D eigenvalue weighted by Gasteiger charge is 2.19. The molecule has 0 spiro atoms. The number of hydrogen-bond donors (Lipinski definition) is 0. The minimum Gasteiger partial charge on any atom is -0.385 e. The van der Waals surface area contributed by atoms with Gasteiger partial charge in [-0.05, 0) is 31.1 Å². The predicted molar refractivity (Wildman–Crippen MR) is 50.8 cm³/mol. The first-order chi connectivity index (χ1) is 5.25. The van der Waals surface area contributed by atoms with Crippen molar-refractivity contribution in [1.82, 2.24) is 0 Å². The molecule has 0 aliphatic carbocycles. The highest BCUT2D eigenvalue weighted by molar-refractivity contribution is 8.03. The van der Waals surface area contributed by atoms with Crippen LogP contribution in [0.25, 0.3) is 0 Å². The molecule has 0 saturated heterocycles. The van der Waals surface area contributed by atoms with Crippen LogP contribution in [0.15, 0.2) is 10.5 Å². The lowest BCUT2D eigenvalue weighted by atomic mass is 10.00. The Morgan fingerprint density at radius 2 is 2.27 bits per heavy atom. The Morgan fingerprint density at radius 1 is 1.55 bits per heavy atom. The summed E-state index contributed by atoms with van der Waals surface area (Å²) < 4.78 is 5.06. The van der Waals surface area contributed by atoms with Crippen LogP contribution in [0.2, 0.25) is 0 Å². The smallest absolute Gasteiger partial charge is 0.0468 e. The molecule has 1 aliphatic rings. The van der Waals surface area contributed by atoms with Crippen molar-refractivity contribution in [2.24, 2.45) is 5.92 Å². The summed E-state index contributed by atoms with van der Waals surface area (Å²) in [5, 5.41) is 0. The Morgan fingerprint density at radius 3 is 2.73 bits per heavy atom. The van der Waals surface area contributed by atoms with Crippen molar-refractivity contribution in [3.05, 3.63) is 10.5 Å². The van der Waals surface area contributed by atoms with Crippen LogP contribution >= 0.6 is 11.8 Å². The third kappa shape index (κ3) is 2.24. The Kier molecular flexibility index (Phi) is 3.46. The molecule has 0 fully saturated rings. The number of rotatable bonds is 3. The summed E-state index contributed by atoms with van der Waals surface area (Å²) in [7, 11) is 1.77. The first-order valence-corrected chi connectivity index (χ1v) is 5.03. The van der Waals surface area contributed by atoms with E-state index in [9.17, 15) is 0 Å². The van der Waals surface area contributed by atoms with Crippen molar-refractivity contribution in [1.29, 1.82) is 0 Å². The Balaban J connectivity index is 2.37. The molecule has 0 aromatic heterocycles. The molecule has 11 heavy (non-hydrogen) atoms. The van der Waals surface area contributed by atoms with Crippen LogP contribution in [-0.2, 0) is 4.74 Å². The lowest BCUT2D eigenvalue weighted by molar-refractivity contribution is 0.186. The number of methoxy groups -OCH3 is 1. The van der Waals surface area contributed by atoms with Gasteiger partial charge in [-0.1, -0.05) is 5.57 Å². The summed E-state index contributed by atoms with van der Waals surface area (Å²) in [6, 6.07) is 0. The molecule has 1 nitrogen and oxygen atoms in total. The minimum atomic E-state index is 0.778. The molecule has 2 heteroatoms. The second-order valence-corrected chi connectivity index (χ2v) is 4.26. The lowest BCUT2D eigenvalue weighted by Gasteiger charge is -2.09. The monoisotopic (exact) mass is 172 g/mol. The maximum atomic E-state index is 5.06. The second kappa shape index (κ2) is 4.17. The van der Waals surface area contributed by atoms with E-state index in [-0.39, 0.29) is 0 Å². The standard InChI is InChI=1S/C9H16OS/c1-7-8(2)11-6-9(7)4-5-10-3/h9H,4-6H2,1-3H3. The van der Waals surface area contributed by atoms with Crippen LogP contribution < -0.4 is 0 Å². The van der Waals surface area contributed by atoms with E-state index in [1.807, 2.05) is 11.8 Å². The van der Waals surface area contributed by atoms with Crippen LogP contribution in [0.3, 0.4) is 0 Å². The summed E-state index contributed by atoms with van der Waals surface area (Å²) in [5.41, 5.74) is 1.58. The fraction of sp³-hybridized carbons (Fsp3) is 0.778. The van der Waals surface area contributed by atoms with Crippen LogP contribution in [0.5, 0.6) is 0 Å². The summed E-state index contributed by atoms with van der Waals surface area (Å²) in [6.45, 7) is 5.36. The molecule has 0 saturated carbocycles. The van der Waals surface area contributed by atoms with Crippen molar-refractivity contribution in [2.45, 2.75) is 20.3 Å². The summed E-state index contributed by atoms with van der Waals surface area (Å²) >= 11 is 1.99. The maximum absolute atomic E-state index is 5.06. The molecule has 0 amide bonds. The fourth-order valence-corrected chi connectivity index (χ4v) is 2.57. The quantitative estimate of drug-likeness (QED) is 0.647. The zero-order chi connectivity index (χ0) is 8.27. The van der Waals surface area contributed by atoms with Crippen molar-refractivity contribution >= 4 is 11.8 Å². The van der Waals surface area contributed by atoms with E-state index in [2.05, 4.69) is 13.8 Å².